The Morgan fingerprint density at radius 2 is 1.75 bits per heavy atom. The van der Waals surface area contributed by atoms with E-state index in [1.807, 2.05) is 48.5 Å². The smallest absolute Gasteiger partial charge is 0.311 e. The Morgan fingerprint density at radius 3 is 2.42 bits per heavy atom. The molecule has 0 saturated carbocycles. The van der Waals surface area contributed by atoms with Crippen molar-refractivity contribution in [3.05, 3.63) is 60.2 Å². The van der Waals surface area contributed by atoms with Crippen molar-refractivity contribution in [2.24, 2.45) is 5.41 Å². The maximum atomic E-state index is 12.9. The zero-order valence-electron chi connectivity index (χ0n) is 13.5. The quantitative estimate of drug-likeness (QED) is 0.905. The Morgan fingerprint density at radius 1 is 1.08 bits per heavy atom. The number of nitrogens with one attached hydrogen (secondary N) is 1. The highest BCUT2D eigenvalue weighted by molar-refractivity contribution is 6.00. The highest BCUT2D eigenvalue weighted by atomic mass is 16.4. The van der Waals surface area contributed by atoms with E-state index in [1.54, 1.807) is 17.9 Å². The zero-order valence-corrected chi connectivity index (χ0v) is 13.5. The average Bonchev–Trinajstić information content (AvgIpc) is 3.00. The second-order valence-electron chi connectivity index (χ2n) is 6.38. The summed E-state index contributed by atoms with van der Waals surface area (Å²) >= 11 is 0. The number of amides is 1. The molecule has 0 aliphatic carbocycles. The topological polar surface area (TPSA) is 69.6 Å². The fourth-order valence-electron chi connectivity index (χ4n) is 2.93. The molecule has 1 aliphatic heterocycles. The van der Waals surface area contributed by atoms with Crippen LogP contribution < -0.4 is 5.32 Å². The number of hydrogen-bond donors (Lipinski definition) is 2. The number of hydrogen-bond acceptors (Lipinski definition) is 3. The predicted octanol–water partition coefficient (Wildman–Crippen LogP) is 3.37. The third kappa shape index (κ3) is 3.11. The molecule has 5 nitrogen and oxygen atoms in total. The first-order valence-corrected chi connectivity index (χ1v) is 7.93. The Labute approximate surface area is 140 Å². The normalized spacial score (nSPS) is 20.0. The molecule has 1 aliphatic rings. The van der Waals surface area contributed by atoms with Crippen molar-refractivity contribution in [3.8, 4) is 0 Å². The third-order valence-electron chi connectivity index (χ3n) is 4.49. The number of likely N-dealkylation sites (tertiary alicyclic amines) is 1. The Balaban J connectivity index is 1.82. The Hall–Kier alpha value is -2.82. The minimum absolute atomic E-state index is 0.140. The van der Waals surface area contributed by atoms with Crippen molar-refractivity contribution in [1.29, 1.82) is 0 Å². The first kappa shape index (κ1) is 16.1. The zero-order chi connectivity index (χ0) is 17.2. The number of carbonyl (C=O) groups is 2. The van der Waals surface area contributed by atoms with E-state index in [1.165, 1.54) is 0 Å². The second kappa shape index (κ2) is 6.35. The first-order valence-electron chi connectivity index (χ1n) is 7.93. The van der Waals surface area contributed by atoms with Gasteiger partial charge in [0.1, 0.15) is 0 Å². The van der Waals surface area contributed by atoms with Crippen LogP contribution in [0.3, 0.4) is 0 Å². The van der Waals surface area contributed by atoms with Crippen molar-refractivity contribution in [2.45, 2.75) is 13.3 Å². The number of aliphatic carboxylic acids is 1. The molecular formula is C19H20N2O3. The molecule has 2 aromatic rings. The minimum Gasteiger partial charge on any atom is -0.481 e. The number of anilines is 2. The lowest BCUT2D eigenvalue weighted by Gasteiger charge is -2.21. The summed E-state index contributed by atoms with van der Waals surface area (Å²) in [4.78, 5) is 25.9. The first-order chi connectivity index (χ1) is 11.5. The molecule has 24 heavy (non-hydrogen) atoms. The Kier molecular flexibility index (Phi) is 4.25. The summed E-state index contributed by atoms with van der Waals surface area (Å²) in [5.74, 6) is -0.993. The molecule has 1 atom stereocenters. The van der Waals surface area contributed by atoms with Gasteiger partial charge in [-0.25, -0.2) is 0 Å². The van der Waals surface area contributed by atoms with Gasteiger partial charge in [0.05, 0.1) is 16.7 Å². The lowest BCUT2D eigenvalue weighted by atomic mass is 9.90. The number of carboxylic acid groups (broad SMARTS) is 1. The van der Waals surface area contributed by atoms with E-state index in [0.29, 0.717) is 18.5 Å². The van der Waals surface area contributed by atoms with E-state index in [9.17, 15) is 14.7 Å². The standard InChI is InChI=1S/C19H20N2O3/c1-19(18(23)24)11-12-21(13-19)17(22)15-9-5-6-10-16(15)20-14-7-3-2-4-8-14/h2-10,20H,11-13H2,1H3,(H,23,24). The summed E-state index contributed by atoms with van der Waals surface area (Å²) in [5.41, 5.74) is 1.31. The van der Waals surface area contributed by atoms with Crippen molar-refractivity contribution in [1.82, 2.24) is 4.90 Å². The van der Waals surface area contributed by atoms with Gasteiger partial charge in [0.25, 0.3) is 5.91 Å². The molecule has 1 amide bonds. The van der Waals surface area contributed by atoms with E-state index in [0.717, 1.165) is 11.4 Å². The van der Waals surface area contributed by atoms with Gasteiger partial charge in [-0.1, -0.05) is 30.3 Å². The minimum atomic E-state index is -0.864. The largest absolute Gasteiger partial charge is 0.481 e. The molecule has 2 N–H and O–H groups in total. The van der Waals surface area contributed by atoms with Gasteiger partial charge in [-0.05, 0) is 37.6 Å². The van der Waals surface area contributed by atoms with Gasteiger partial charge < -0.3 is 15.3 Å². The number of benzene rings is 2. The van der Waals surface area contributed by atoms with E-state index in [-0.39, 0.29) is 12.5 Å². The third-order valence-corrected chi connectivity index (χ3v) is 4.49. The summed E-state index contributed by atoms with van der Waals surface area (Å²) in [6.07, 6.45) is 0.475. The maximum absolute atomic E-state index is 12.9. The number of carboxylic acids is 1. The summed E-state index contributed by atoms with van der Waals surface area (Å²) in [5, 5.41) is 12.6. The van der Waals surface area contributed by atoms with E-state index >= 15 is 0 Å². The number of para-hydroxylation sites is 2. The number of nitrogens with zero attached hydrogens (tertiary/aromatic N) is 1. The molecule has 1 heterocycles. The van der Waals surface area contributed by atoms with E-state index < -0.39 is 11.4 Å². The van der Waals surface area contributed by atoms with Crippen molar-refractivity contribution in [2.75, 3.05) is 18.4 Å². The number of rotatable bonds is 4. The van der Waals surface area contributed by atoms with Crippen molar-refractivity contribution >= 4 is 23.3 Å². The molecule has 3 rings (SSSR count). The van der Waals surface area contributed by atoms with Gasteiger partial charge in [0.15, 0.2) is 0 Å². The van der Waals surface area contributed by atoms with E-state index in [4.69, 9.17) is 0 Å². The predicted molar refractivity (Wildman–Crippen MR) is 92.4 cm³/mol. The molecule has 0 spiro atoms. The van der Waals surface area contributed by atoms with E-state index in [2.05, 4.69) is 5.32 Å². The van der Waals surface area contributed by atoms with Gasteiger partial charge in [-0.15, -0.1) is 0 Å². The van der Waals surface area contributed by atoms with Gasteiger partial charge in [-0.3, -0.25) is 9.59 Å². The fourth-order valence-corrected chi connectivity index (χ4v) is 2.93. The summed E-state index contributed by atoms with van der Waals surface area (Å²) in [6, 6.07) is 16.9. The maximum Gasteiger partial charge on any atom is 0.311 e. The molecule has 1 saturated heterocycles. The van der Waals surface area contributed by atoms with Crippen LogP contribution in [0.1, 0.15) is 23.7 Å². The molecule has 0 bridgehead atoms. The van der Waals surface area contributed by atoms with Crippen LogP contribution in [-0.2, 0) is 4.79 Å². The van der Waals surface area contributed by atoms with Crippen LogP contribution >= 0.6 is 0 Å². The molecule has 124 valence electrons. The lowest BCUT2D eigenvalue weighted by molar-refractivity contribution is -0.147. The van der Waals surface area contributed by atoms with Gasteiger partial charge in [0, 0.05) is 18.8 Å². The molecular weight excluding hydrogens is 304 g/mol. The van der Waals surface area contributed by atoms with Crippen molar-refractivity contribution < 1.29 is 14.7 Å². The van der Waals surface area contributed by atoms with Crippen LogP contribution in [0.5, 0.6) is 0 Å². The van der Waals surface area contributed by atoms with Crippen LogP contribution in [0.15, 0.2) is 54.6 Å². The molecule has 1 fully saturated rings. The van der Waals surface area contributed by atoms with Gasteiger partial charge >= 0.3 is 5.97 Å². The van der Waals surface area contributed by atoms with Crippen molar-refractivity contribution in [3.63, 3.8) is 0 Å². The molecule has 0 radical (unpaired) electrons. The van der Waals surface area contributed by atoms with Gasteiger partial charge in [-0.2, -0.15) is 0 Å². The molecule has 5 heteroatoms. The molecule has 0 aromatic heterocycles. The van der Waals surface area contributed by atoms with Crippen LogP contribution in [0.25, 0.3) is 0 Å². The van der Waals surface area contributed by atoms with Crippen LogP contribution in [0.2, 0.25) is 0 Å². The molecule has 1 unspecified atom stereocenters. The molecule has 2 aromatic carbocycles. The lowest BCUT2D eigenvalue weighted by Crippen LogP contribution is -2.35. The summed E-state index contributed by atoms with van der Waals surface area (Å²) < 4.78 is 0. The highest BCUT2D eigenvalue weighted by Crippen LogP contribution is 2.32. The SMILES string of the molecule is CC1(C(=O)O)CCN(C(=O)c2ccccc2Nc2ccccc2)C1. The summed E-state index contributed by atoms with van der Waals surface area (Å²) in [6.45, 7) is 2.39. The Bertz CT molecular complexity index is 760. The summed E-state index contributed by atoms with van der Waals surface area (Å²) in [7, 11) is 0. The number of carbonyl (C=O) groups excluding carboxylic acids is 1. The van der Waals surface area contributed by atoms with Gasteiger partial charge in [0.2, 0.25) is 0 Å². The highest BCUT2D eigenvalue weighted by Gasteiger charge is 2.42. The monoisotopic (exact) mass is 324 g/mol. The van der Waals surface area contributed by atoms with Crippen LogP contribution in [-0.4, -0.2) is 35.0 Å². The second-order valence-corrected chi connectivity index (χ2v) is 6.38. The average molecular weight is 324 g/mol. The van der Waals surface area contributed by atoms with Crippen LogP contribution in [0.4, 0.5) is 11.4 Å². The van der Waals surface area contributed by atoms with Crippen LogP contribution in [0, 0.1) is 5.41 Å². The fraction of sp³-hybridized carbons (Fsp3) is 0.263.